The first-order valence-corrected chi connectivity index (χ1v) is 20.8. The number of rotatable bonds is 6. The molecule has 10 aromatic carbocycles. The maximum Gasteiger partial charge on any atom is 0.160 e. The molecular formula is C58H37N3. The molecule has 61 heavy (non-hydrogen) atoms. The first-order valence-electron chi connectivity index (χ1n) is 20.8. The first-order chi connectivity index (χ1) is 30.3. The van der Waals surface area contributed by atoms with Crippen molar-refractivity contribution in [3.63, 3.8) is 0 Å². The molecule has 3 nitrogen and oxygen atoms in total. The molecular weight excluding hydrogens is 739 g/mol. The molecule has 0 amide bonds. The molecule has 0 spiro atoms. The molecule has 2 aromatic heterocycles. The average molecular weight is 776 g/mol. The molecule has 0 bridgehead atoms. The lowest BCUT2D eigenvalue weighted by molar-refractivity contribution is 1.18. The monoisotopic (exact) mass is 775 g/mol. The summed E-state index contributed by atoms with van der Waals surface area (Å²) in [5.41, 5.74) is 13.1. The van der Waals surface area contributed by atoms with Crippen LogP contribution in [-0.4, -0.2) is 14.5 Å². The molecule has 0 aliphatic heterocycles. The fraction of sp³-hybridized carbons (Fsp3) is 0. The van der Waals surface area contributed by atoms with Crippen LogP contribution in [0.1, 0.15) is 0 Å². The predicted molar refractivity (Wildman–Crippen MR) is 256 cm³/mol. The third kappa shape index (κ3) is 5.74. The lowest BCUT2D eigenvalue weighted by atomic mass is 9.85. The Morgan fingerprint density at radius 2 is 0.885 bits per heavy atom. The zero-order valence-corrected chi connectivity index (χ0v) is 33.2. The minimum absolute atomic E-state index is 0.689. The van der Waals surface area contributed by atoms with E-state index in [0.29, 0.717) is 5.82 Å². The molecule has 12 aromatic rings. The van der Waals surface area contributed by atoms with Gasteiger partial charge in [-0.25, -0.2) is 9.97 Å². The van der Waals surface area contributed by atoms with E-state index < -0.39 is 0 Å². The Morgan fingerprint density at radius 3 is 1.66 bits per heavy atom. The number of benzene rings is 10. The van der Waals surface area contributed by atoms with E-state index in [-0.39, 0.29) is 0 Å². The lowest BCUT2D eigenvalue weighted by Gasteiger charge is -2.20. The van der Waals surface area contributed by atoms with Crippen molar-refractivity contribution in [2.75, 3.05) is 0 Å². The van der Waals surface area contributed by atoms with Crippen LogP contribution in [0.15, 0.2) is 224 Å². The summed E-state index contributed by atoms with van der Waals surface area (Å²) in [5.74, 6) is 0.689. The van der Waals surface area contributed by atoms with E-state index in [9.17, 15) is 0 Å². The Labute approximate surface area is 353 Å². The molecule has 0 radical (unpaired) electrons. The van der Waals surface area contributed by atoms with Crippen molar-refractivity contribution in [1.82, 2.24) is 14.5 Å². The fourth-order valence-electron chi connectivity index (χ4n) is 9.51. The van der Waals surface area contributed by atoms with Crippen LogP contribution in [0.3, 0.4) is 0 Å². The maximum absolute atomic E-state index is 5.50. The second-order valence-electron chi connectivity index (χ2n) is 15.7. The molecule has 0 saturated carbocycles. The van der Waals surface area contributed by atoms with Crippen LogP contribution < -0.4 is 0 Å². The summed E-state index contributed by atoms with van der Waals surface area (Å²) in [6.07, 6.45) is 0. The second kappa shape index (κ2) is 14.3. The SMILES string of the molecule is c1ccc(-c2nc(-c3ccccc3-c3ccc4c(c3)c3ccccc3n4-c3ccccc3)cc(-c3c4ccccc4c(-c4ccccc4)c4ccc5ccccc5c34)n2)cc1. The highest BCUT2D eigenvalue weighted by Gasteiger charge is 2.22. The van der Waals surface area contributed by atoms with Gasteiger partial charge >= 0.3 is 0 Å². The predicted octanol–water partition coefficient (Wildman–Crippen LogP) is 15.4. The van der Waals surface area contributed by atoms with Gasteiger partial charge in [-0.3, -0.25) is 0 Å². The Hall–Kier alpha value is -8.14. The Bertz CT molecular complexity index is 3630. The Kier molecular flexibility index (Phi) is 8.17. The molecule has 12 rings (SSSR count). The van der Waals surface area contributed by atoms with Crippen molar-refractivity contribution >= 4 is 54.1 Å². The van der Waals surface area contributed by atoms with Gasteiger partial charge in [-0.2, -0.15) is 0 Å². The van der Waals surface area contributed by atoms with E-state index in [0.717, 1.165) is 50.3 Å². The van der Waals surface area contributed by atoms with Gasteiger partial charge in [0, 0.05) is 38.5 Å². The van der Waals surface area contributed by atoms with Gasteiger partial charge in [0.1, 0.15) is 0 Å². The van der Waals surface area contributed by atoms with Crippen LogP contribution in [0.5, 0.6) is 0 Å². The quantitative estimate of drug-likeness (QED) is 0.124. The van der Waals surface area contributed by atoms with Crippen LogP contribution in [0, 0.1) is 0 Å². The van der Waals surface area contributed by atoms with Gasteiger partial charge < -0.3 is 4.57 Å². The van der Waals surface area contributed by atoms with E-state index in [4.69, 9.17) is 9.97 Å². The molecule has 0 aliphatic rings. The molecule has 0 saturated heterocycles. The van der Waals surface area contributed by atoms with E-state index in [1.807, 2.05) is 6.07 Å². The van der Waals surface area contributed by atoms with Crippen molar-refractivity contribution in [3.05, 3.63) is 224 Å². The van der Waals surface area contributed by atoms with Gasteiger partial charge in [-0.1, -0.05) is 188 Å². The maximum atomic E-state index is 5.50. The van der Waals surface area contributed by atoms with Gasteiger partial charge in [-0.15, -0.1) is 0 Å². The normalized spacial score (nSPS) is 11.6. The second-order valence-corrected chi connectivity index (χ2v) is 15.7. The average Bonchev–Trinajstić information content (AvgIpc) is 3.67. The standard InChI is InChI=1S/C58H37N3/c1-4-19-39(20-5-1)55-47-29-14-15-30-48(47)57(56-44-26-11-10-18-38(44)32-34-49(55)56)52-37-51(59-58(60-52)40-21-6-2-7-22-40)45-27-13-12-25-43(45)41-33-35-54-50(36-41)46-28-16-17-31-53(46)61(54)42-23-8-3-9-24-42/h1-37H. The third-order valence-corrected chi connectivity index (χ3v) is 12.2. The summed E-state index contributed by atoms with van der Waals surface area (Å²) < 4.78 is 2.37. The van der Waals surface area contributed by atoms with Crippen molar-refractivity contribution in [1.29, 1.82) is 0 Å². The molecule has 284 valence electrons. The van der Waals surface area contributed by atoms with Gasteiger partial charge in [0.15, 0.2) is 5.82 Å². The zero-order valence-electron chi connectivity index (χ0n) is 33.2. The number of hydrogen-bond donors (Lipinski definition) is 0. The van der Waals surface area contributed by atoms with Crippen LogP contribution >= 0.6 is 0 Å². The number of para-hydroxylation sites is 2. The van der Waals surface area contributed by atoms with Crippen molar-refractivity contribution in [3.8, 4) is 61.8 Å². The van der Waals surface area contributed by atoms with Crippen molar-refractivity contribution < 1.29 is 0 Å². The van der Waals surface area contributed by atoms with Gasteiger partial charge in [-0.05, 0) is 85.6 Å². The summed E-state index contributed by atoms with van der Waals surface area (Å²) in [4.78, 5) is 10.9. The third-order valence-electron chi connectivity index (χ3n) is 12.2. The first kappa shape index (κ1) is 34.9. The highest BCUT2D eigenvalue weighted by molar-refractivity contribution is 6.27. The van der Waals surface area contributed by atoms with E-state index >= 15 is 0 Å². The molecule has 0 fully saturated rings. The number of fused-ring (bicyclic) bond motifs is 7. The summed E-state index contributed by atoms with van der Waals surface area (Å²) in [6, 6.07) is 80.4. The Morgan fingerprint density at radius 1 is 0.311 bits per heavy atom. The van der Waals surface area contributed by atoms with Gasteiger partial charge in [0.25, 0.3) is 0 Å². The minimum Gasteiger partial charge on any atom is -0.309 e. The van der Waals surface area contributed by atoms with E-state index in [1.165, 1.54) is 59.9 Å². The molecule has 2 heterocycles. The van der Waals surface area contributed by atoms with Crippen LogP contribution in [0.2, 0.25) is 0 Å². The number of hydrogen-bond acceptors (Lipinski definition) is 2. The minimum atomic E-state index is 0.689. The summed E-state index contributed by atoms with van der Waals surface area (Å²) in [6.45, 7) is 0. The van der Waals surface area contributed by atoms with Crippen LogP contribution in [0.25, 0.3) is 116 Å². The lowest BCUT2D eigenvalue weighted by Crippen LogP contribution is -1.99. The summed E-state index contributed by atoms with van der Waals surface area (Å²) in [7, 11) is 0. The van der Waals surface area contributed by atoms with Gasteiger partial charge in [0.2, 0.25) is 0 Å². The highest BCUT2D eigenvalue weighted by Crippen LogP contribution is 2.47. The van der Waals surface area contributed by atoms with E-state index in [2.05, 4.69) is 223 Å². The smallest absolute Gasteiger partial charge is 0.160 e. The van der Waals surface area contributed by atoms with Crippen molar-refractivity contribution in [2.45, 2.75) is 0 Å². The van der Waals surface area contributed by atoms with Crippen molar-refractivity contribution in [2.24, 2.45) is 0 Å². The van der Waals surface area contributed by atoms with Gasteiger partial charge in [0.05, 0.1) is 22.4 Å². The molecule has 0 aliphatic carbocycles. The summed E-state index contributed by atoms with van der Waals surface area (Å²) >= 11 is 0. The zero-order chi connectivity index (χ0) is 40.3. The molecule has 3 heteroatoms. The number of nitrogens with zero attached hydrogens (tertiary/aromatic N) is 3. The fourth-order valence-corrected chi connectivity index (χ4v) is 9.51. The largest absolute Gasteiger partial charge is 0.309 e. The van der Waals surface area contributed by atoms with Crippen LogP contribution in [-0.2, 0) is 0 Å². The van der Waals surface area contributed by atoms with E-state index in [1.54, 1.807) is 0 Å². The summed E-state index contributed by atoms with van der Waals surface area (Å²) in [5, 5.41) is 9.56. The highest BCUT2D eigenvalue weighted by atomic mass is 15.0. The Balaban J connectivity index is 1.14. The number of aromatic nitrogens is 3. The topological polar surface area (TPSA) is 30.7 Å². The van der Waals surface area contributed by atoms with Crippen LogP contribution in [0.4, 0.5) is 0 Å². The molecule has 0 atom stereocenters. The molecule has 0 N–H and O–H groups in total. The molecule has 0 unspecified atom stereocenters.